The van der Waals surface area contributed by atoms with Gasteiger partial charge in [-0.2, -0.15) is 13.2 Å². The zero-order valence-electron chi connectivity index (χ0n) is 17.5. The van der Waals surface area contributed by atoms with Crippen molar-refractivity contribution in [3.05, 3.63) is 65.5 Å². The van der Waals surface area contributed by atoms with Crippen LogP contribution in [0.2, 0.25) is 0 Å². The van der Waals surface area contributed by atoms with Crippen molar-refractivity contribution in [2.45, 2.75) is 19.5 Å². The van der Waals surface area contributed by atoms with E-state index in [0.29, 0.717) is 12.3 Å². The van der Waals surface area contributed by atoms with Gasteiger partial charge in [-0.3, -0.25) is 4.79 Å². The highest BCUT2D eigenvalue weighted by Gasteiger charge is 2.33. The molecule has 34 heavy (non-hydrogen) atoms. The van der Waals surface area contributed by atoms with Gasteiger partial charge in [0.05, 0.1) is 30.1 Å². The molecule has 2 heterocycles. The van der Waals surface area contributed by atoms with Gasteiger partial charge >= 0.3 is 12.5 Å². The SMILES string of the molecule is COc1ccc(NC(=O)c2cc(C(F)(F)F)cnc2Nc2ccc(OC(F)(F)F)cc2C)cn1. The number of aromatic nitrogens is 2. The molecular weight excluding hydrogens is 470 g/mol. The molecule has 0 radical (unpaired) electrons. The molecule has 0 aliphatic carbocycles. The lowest BCUT2D eigenvalue weighted by Crippen LogP contribution is -2.18. The van der Waals surface area contributed by atoms with Crippen LogP contribution in [0.4, 0.5) is 43.5 Å². The highest BCUT2D eigenvalue weighted by molar-refractivity contribution is 6.08. The third kappa shape index (κ3) is 6.27. The number of aryl methyl sites for hydroxylation is 1. The largest absolute Gasteiger partial charge is 0.573 e. The van der Waals surface area contributed by atoms with Gasteiger partial charge in [0.1, 0.15) is 11.6 Å². The predicted octanol–water partition coefficient (Wildman–Crippen LogP) is 5.71. The van der Waals surface area contributed by atoms with Crippen LogP contribution >= 0.6 is 0 Å². The van der Waals surface area contributed by atoms with Crippen LogP contribution in [0, 0.1) is 6.92 Å². The molecule has 7 nitrogen and oxygen atoms in total. The molecule has 1 amide bonds. The first-order chi connectivity index (χ1) is 15.9. The molecular formula is C21H16F6N4O3. The van der Waals surface area contributed by atoms with Crippen LogP contribution in [-0.4, -0.2) is 29.3 Å². The quantitative estimate of drug-likeness (QED) is 0.435. The number of benzene rings is 1. The van der Waals surface area contributed by atoms with Gasteiger partial charge in [0.2, 0.25) is 5.88 Å². The summed E-state index contributed by atoms with van der Waals surface area (Å²) in [5.74, 6) is -1.40. The summed E-state index contributed by atoms with van der Waals surface area (Å²) in [4.78, 5) is 20.4. The number of carbonyl (C=O) groups is 1. The van der Waals surface area contributed by atoms with Crippen molar-refractivity contribution in [2.24, 2.45) is 0 Å². The van der Waals surface area contributed by atoms with Gasteiger partial charge in [0.15, 0.2) is 0 Å². The Kier molecular flexibility index (Phi) is 6.84. The molecule has 1 aromatic carbocycles. The summed E-state index contributed by atoms with van der Waals surface area (Å²) >= 11 is 0. The Morgan fingerprint density at radius 1 is 0.971 bits per heavy atom. The summed E-state index contributed by atoms with van der Waals surface area (Å²) in [6.45, 7) is 1.44. The minimum absolute atomic E-state index is 0.180. The van der Waals surface area contributed by atoms with E-state index in [1.165, 1.54) is 38.4 Å². The predicted molar refractivity (Wildman–Crippen MR) is 109 cm³/mol. The molecule has 0 unspecified atom stereocenters. The maximum absolute atomic E-state index is 13.2. The molecule has 0 saturated heterocycles. The van der Waals surface area contributed by atoms with E-state index >= 15 is 0 Å². The maximum atomic E-state index is 13.2. The van der Waals surface area contributed by atoms with E-state index in [2.05, 4.69) is 25.3 Å². The first-order valence-corrected chi connectivity index (χ1v) is 9.38. The third-order valence-electron chi connectivity index (χ3n) is 4.35. The lowest BCUT2D eigenvalue weighted by Gasteiger charge is -2.16. The van der Waals surface area contributed by atoms with Crippen molar-refractivity contribution < 1.29 is 40.6 Å². The molecule has 0 spiro atoms. The Hall–Kier alpha value is -4.03. The number of halogens is 6. The van der Waals surface area contributed by atoms with Gasteiger partial charge in [-0.1, -0.05) is 0 Å². The summed E-state index contributed by atoms with van der Waals surface area (Å²) < 4.78 is 85.7. The van der Waals surface area contributed by atoms with Crippen LogP contribution in [0.15, 0.2) is 48.8 Å². The number of carbonyl (C=O) groups excluding carboxylic acids is 1. The number of anilines is 3. The molecule has 3 aromatic rings. The fourth-order valence-corrected chi connectivity index (χ4v) is 2.77. The normalized spacial score (nSPS) is 11.6. The van der Waals surface area contributed by atoms with E-state index in [4.69, 9.17) is 4.74 Å². The number of amides is 1. The fraction of sp³-hybridized carbons (Fsp3) is 0.190. The van der Waals surface area contributed by atoms with Gasteiger partial charge in [-0.05, 0) is 42.8 Å². The summed E-state index contributed by atoms with van der Waals surface area (Å²) in [5, 5.41) is 5.10. The lowest BCUT2D eigenvalue weighted by atomic mass is 10.1. The summed E-state index contributed by atoms with van der Waals surface area (Å²) in [6.07, 6.45) is -7.88. The van der Waals surface area contributed by atoms with E-state index in [1.54, 1.807) is 0 Å². The number of hydrogen-bond acceptors (Lipinski definition) is 6. The highest BCUT2D eigenvalue weighted by atomic mass is 19.4. The molecule has 0 atom stereocenters. The van der Waals surface area contributed by atoms with Gasteiger partial charge in [0, 0.05) is 18.0 Å². The van der Waals surface area contributed by atoms with Gasteiger partial charge in [0.25, 0.3) is 5.91 Å². The number of alkyl halides is 6. The van der Waals surface area contributed by atoms with Crippen molar-refractivity contribution >= 4 is 23.1 Å². The zero-order chi connectivity index (χ0) is 25.1. The number of methoxy groups -OCH3 is 1. The van der Waals surface area contributed by atoms with Gasteiger partial charge in [-0.25, -0.2) is 9.97 Å². The van der Waals surface area contributed by atoms with Crippen LogP contribution in [-0.2, 0) is 6.18 Å². The Balaban J connectivity index is 1.93. The van der Waals surface area contributed by atoms with Crippen LogP contribution < -0.4 is 20.1 Å². The standard InChI is InChI=1S/C21H16F6N4O3/c1-11-7-14(34-21(25,26)27)4-5-16(11)31-18-15(8-12(9-29-18)20(22,23)24)19(32)30-13-3-6-17(33-2)28-10-13/h3-10H,1-2H3,(H,29,31)(H,30,32). The first-order valence-electron chi connectivity index (χ1n) is 9.38. The minimum atomic E-state index is -4.89. The van der Waals surface area contributed by atoms with Crippen molar-refractivity contribution in [2.75, 3.05) is 17.7 Å². The van der Waals surface area contributed by atoms with Crippen LogP contribution in [0.5, 0.6) is 11.6 Å². The summed E-state index contributed by atoms with van der Waals surface area (Å²) in [5.41, 5.74) is -0.988. The van der Waals surface area contributed by atoms with E-state index in [1.807, 2.05) is 0 Å². The molecule has 0 aliphatic rings. The second-order valence-corrected chi connectivity index (χ2v) is 6.81. The number of pyridine rings is 2. The second-order valence-electron chi connectivity index (χ2n) is 6.81. The van der Waals surface area contributed by atoms with Gasteiger partial charge < -0.3 is 20.1 Å². The molecule has 2 aromatic heterocycles. The molecule has 3 rings (SSSR count). The van der Waals surface area contributed by atoms with Crippen molar-refractivity contribution in [1.29, 1.82) is 0 Å². The number of nitrogens with zero attached hydrogens (tertiary/aromatic N) is 2. The number of ether oxygens (including phenoxy) is 2. The molecule has 180 valence electrons. The summed E-state index contributed by atoms with van der Waals surface area (Å²) in [6, 6.07) is 6.77. The van der Waals surface area contributed by atoms with Crippen LogP contribution in [0.25, 0.3) is 0 Å². The lowest BCUT2D eigenvalue weighted by molar-refractivity contribution is -0.274. The van der Waals surface area contributed by atoms with Crippen LogP contribution in [0.3, 0.4) is 0 Å². The Morgan fingerprint density at radius 3 is 2.26 bits per heavy atom. The van der Waals surface area contributed by atoms with Crippen molar-refractivity contribution in [3.63, 3.8) is 0 Å². The molecule has 2 N–H and O–H groups in total. The van der Waals surface area contributed by atoms with E-state index in [-0.39, 0.29) is 28.6 Å². The Labute approximate surface area is 188 Å². The Morgan fingerprint density at radius 2 is 1.71 bits per heavy atom. The van der Waals surface area contributed by atoms with Crippen molar-refractivity contribution in [1.82, 2.24) is 9.97 Å². The molecule has 0 saturated carbocycles. The average molecular weight is 486 g/mol. The maximum Gasteiger partial charge on any atom is 0.573 e. The first kappa shape index (κ1) is 24.6. The number of nitrogens with one attached hydrogen (secondary N) is 2. The molecule has 0 aliphatic heterocycles. The molecule has 13 heteroatoms. The second kappa shape index (κ2) is 9.45. The third-order valence-corrected chi connectivity index (χ3v) is 4.35. The molecule has 0 bridgehead atoms. The minimum Gasteiger partial charge on any atom is -0.481 e. The summed E-state index contributed by atoms with van der Waals surface area (Å²) in [7, 11) is 1.39. The van der Waals surface area contributed by atoms with Gasteiger partial charge in [-0.15, -0.1) is 13.2 Å². The van der Waals surface area contributed by atoms with Crippen molar-refractivity contribution in [3.8, 4) is 11.6 Å². The smallest absolute Gasteiger partial charge is 0.481 e. The van der Waals surface area contributed by atoms with Crippen LogP contribution in [0.1, 0.15) is 21.5 Å². The highest BCUT2D eigenvalue weighted by Crippen LogP contribution is 2.33. The number of rotatable bonds is 6. The zero-order valence-corrected chi connectivity index (χ0v) is 17.5. The van der Waals surface area contributed by atoms with E-state index in [9.17, 15) is 31.1 Å². The average Bonchev–Trinajstić information content (AvgIpc) is 2.74. The monoisotopic (exact) mass is 486 g/mol. The van der Waals surface area contributed by atoms with E-state index in [0.717, 1.165) is 12.1 Å². The van der Waals surface area contributed by atoms with E-state index < -0.39 is 35.3 Å². The molecule has 0 fully saturated rings. The topological polar surface area (TPSA) is 85.4 Å². The number of hydrogen-bond donors (Lipinski definition) is 2. The fourth-order valence-electron chi connectivity index (χ4n) is 2.77. The Bertz CT molecular complexity index is 1180.